The van der Waals surface area contributed by atoms with Gasteiger partial charge < -0.3 is 0 Å². The lowest BCUT2D eigenvalue weighted by Crippen LogP contribution is -1.88. The van der Waals surface area contributed by atoms with Gasteiger partial charge in [0.25, 0.3) is 0 Å². The summed E-state index contributed by atoms with van der Waals surface area (Å²) in [5.41, 5.74) is 1.06. The average Bonchev–Trinajstić information content (AvgIpc) is 2.37. The Morgan fingerprint density at radius 1 is 0.688 bits per heavy atom. The Kier molecular flexibility index (Phi) is 2.03. The summed E-state index contributed by atoms with van der Waals surface area (Å²) >= 11 is 0. The van der Waals surface area contributed by atoms with Crippen molar-refractivity contribution >= 4 is 27.2 Å². The van der Waals surface area contributed by atoms with E-state index < -0.39 is 0 Å². The molecule has 3 aromatic rings. The summed E-state index contributed by atoms with van der Waals surface area (Å²) < 4.78 is 0. The number of nitrogens with zero attached hydrogens (tertiary/aromatic N) is 1. The third kappa shape index (κ3) is 1.25. The van der Waals surface area contributed by atoms with Crippen LogP contribution in [0.25, 0.3) is 21.5 Å². The van der Waals surface area contributed by atoms with Crippen LogP contribution in [0.5, 0.6) is 0 Å². The molecular weight excluding hydrogens is 194 g/mol. The third-order valence-corrected chi connectivity index (χ3v) is 3.00. The highest BCUT2D eigenvalue weighted by atomic mass is 14.8. The maximum Gasteiger partial charge on any atom is 0.0649 e. The highest BCUT2D eigenvalue weighted by Gasteiger charge is 2.03. The molecule has 0 atom stereocenters. The molecule has 1 heteroatoms. The van der Waals surface area contributed by atoms with Crippen molar-refractivity contribution in [3.05, 3.63) is 54.6 Å². The molecule has 0 aliphatic heterocycles. The predicted molar refractivity (Wildman–Crippen MR) is 69.2 cm³/mol. The van der Waals surface area contributed by atoms with Crippen molar-refractivity contribution in [2.24, 2.45) is 0 Å². The van der Waals surface area contributed by atoms with E-state index in [4.69, 9.17) is 0 Å². The van der Waals surface area contributed by atoms with Gasteiger partial charge in [0, 0.05) is 12.4 Å². The maximum atomic E-state index is 4.31. The largest absolute Gasteiger partial charge is 0.288 e. The van der Waals surface area contributed by atoms with E-state index in [-0.39, 0.29) is 0 Å². The van der Waals surface area contributed by atoms with E-state index in [1.165, 1.54) is 21.5 Å². The molecule has 0 spiro atoms. The van der Waals surface area contributed by atoms with Crippen molar-refractivity contribution in [2.45, 2.75) is 0 Å². The van der Waals surface area contributed by atoms with Gasteiger partial charge in [0.2, 0.25) is 0 Å². The first kappa shape index (κ1) is 9.22. The zero-order valence-electron chi connectivity index (χ0n) is 9.14. The summed E-state index contributed by atoms with van der Waals surface area (Å²) in [5.74, 6) is 0. The topological polar surface area (TPSA) is 14.1 Å². The van der Waals surface area contributed by atoms with E-state index in [1.54, 1.807) is 0 Å². The molecule has 0 saturated carbocycles. The molecule has 0 amide bonds. The molecule has 0 N–H and O–H groups in total. The van der Waals surface area contributed by atoms with E-state index >= 15 is 0 Å². The third-order valence-electron chi connectivity index (χ3n) is 3.00. The summed E-state index contributed by atoms with van der Waals surface area (Å²) in [6.07, 6.45) is 0. The zero-order chi connectivity index (χ0) is 11.0. The van der Waals surface area contributed by atoms with Gasteiger partial charge >= 0.3 is 0 Å². The standard InChI is InChI=1S/C15H12N/c1-16-15-8-4-7-13-12-6-3-2-5-11(12)9-10-14(13)15/h2-10H,1H3. The van der Waals surface area contributed by atoms with Crippen molar-refractivity contribution in [1.82, 2.24) is 5.32 Å². The van der Waals surface area contributed by atoms with Crippen LogP contribution in [0.4, 0.5) is 5.69 Å². The molecule has 0 heterocycles. The number of hydrogen-bond acceptors (Lipinski definition) is 0. The lowest BCUT2D eigenvalue weighted by Gasteiger charge is -2.07. The van der Waals surface area contributed by atoms with Crippen molar-refractivity contribution in [2.75, 3.05) is 7.05 Å². The molecule has 0 aliphatic carbocycles. The van der Waals surface area contributed by atoms with Gasteiger partial charge in [0.05, 0.1) is 5.69 Å². The van der Waals surface area contributed by atoms with Crippen molar-refractivity contribution in [3.63, 3.8) is 0 Å². The van der Waals surface area contributed by atoms with E-state index in [1.807, 2.05) is 7.05 Å². The summed E-state index contributed by atoms with van der Waals surface area (Å²) in [5, 5.41) is 9.39. The Bertz CT molecular complexity index is 656. The number of benzene rings is 3. The Labute approximate surface area is 94.7 Å². The van der Waals surface area contributed by atoms with Crippen molar-refractivity contribution < 1.29 is 0 Å². The second-order valence-corrected chi connectivity index (χ2v) is 3.88. The Morgan fingerprint density at radius 3 is 2.38 bits per heavy atom. The van der Waals surface area contributed by atoms with Gasteiger partial charge in [-0.15, -0.1) is 0 Å². The van der Waals surface area contributed by atoms with E-state index in [2.05, 4.69) is 59.9 Å². The van der Waals surface area contributed by atoms with Crippen molar-refractivity contribution in [3.8, 4) is 0 Å². The van der Waals surface area contributed by atoms with Crippen LogP contribution in [0.3, 0.4) is 0 Å². The second-order valence-electron chi connectivity index (χ2n) is 3.88. The van der Waals surface area contributed by atoms with Crippen LogP contribution in [0, 0.1) is 0 Å². The van der Waals surface area contributed by atoms with E-state index in [0.29, 0.717) is 0 Å². The first-order valence-corrected chi connectivity index (χ1v) is 5.40. The lowest BCUT2D eigenvalue weighted by molar-refractivity contribution is 1.10. The number of rotatable bonds is 1. The minimum atomic E-state index is 1.06. The Balaban J connectivity index is 2.52. The van der Waals surface area contributed by atoms with Crippen LogP contribution in [-0.4, -0.2) is 7.05 Å². The fraction of sp³-hybridized carbons (Fsp3) is 0.0667. The van der Waals surface area contributed by atoms with Gasteiger partial charge in [-0.05, 0) is 22.2 Å². The molecule has 16 heavy (non-hydrogen) atoms. The fourth-order valence-electron chi connectivity index (χ4n) is 2.22. The van der Waals surface area contributed by atoms with Crippen LogP contribution in [0.15, 0.2) is 54.6 Å². The first-order valence-electron chi connectivity index (χ1n) is 5.40. The highest BCUT2D eigenvalue weighted by Crippen LogP contribution is 2.29. The fourth-order valence-corrected chi connectivity index (χ4v) is 2.22. The molecule has 0 saturated heterocycles. The monoisotopic (exact) mass is 206 g/mol. The van der Waals surface area contributed by atoms with Gasteiger partial charge in [-0.1, -0.05) is 48.5 Å². The summed E-state index contributed by atoms with van der Waals surface area (Å²) in [7, 11) is 1.84. The second kappa shape index (κ2) is 3.53. The zero-order valence-corrected chi connectivity index (χ0v) is 9.14. The van der Waals surface area contributed by atoms with Crippen molar-refractivity contribution in [1.29, 1.82) is 0 Å². The van der Waals surface area contributed by atoms with E-state index in [0.717, 1.165) is 5.69 Å². The molecule has 0 aromatic heterocycles. The minimum Gasteiger partial charge on any atom is -0.288 e. The molecule has 3 rings (SSSR count). The van der Waals surface area contributed by atoms with Gasteiger partial charge in [-0.2, -0.15) is 0 Å². The first-order chi connectivity index (χ1) is 7.90. The molecule has 77 valence electrons. The van der Waals surface area contributed by atoms with Gasteiger partial charge in [-0.25, -0.2) is 0 Å². The van der Waals surface area contributed by atoms with Crippen LogP contribution >= 0.6 is 0 Å². The summed E-state index contributed by atoms with van der Waals surface area (Å²) in [4.78, 5) is 0. The normalized spacial score (nSPS) is 10.8. The van der Waals surface area contributed by atoms with Crippen LogP contribution in [-0.2, 0) is 0 Å². The molecule has 0 fully saturated rings. The molecular formula is C15H12N. The molecule has 0 bridgehead atoms. The Hall–Kier alpha value is -2.02. The van der Waals surface area contributed by atoms with Gasteiger partial charge in [0.15, 0.2) is 0 Å². The molecule has 0 unspecified atom stereocenters. The average molecular weight is 206 g/mol. The number of fused-ring (bicyclic) bond motifs is 3. The van der Waals surface area contributed by atoms with Crippen LogP contribution in [0.2, 0.25) is 0 Å². The van der Waals surface area contributed by atoms with Gasteiger partial charge in [-0.3, -0.25) is 5.32 Å². The predicted octanol–water partition coefficient (Wildman–Crippen LogP) is 3.86. The lowest BCUT2D eigenvalue weighted by atomic mass is 10.0. The quantitative estimate of drug-likeness (QED) is 0.537. The van der Waals surface area contributed by atoms with Gasteiger partial charge in [0.1, 0.15) is 0 Å². The smallest absolute Gasteiger partial charge is 0.0649 e. The molecule has 0 aliphatic rings. The SMILES string of the molecule is C[N]c1cccc2c1ccc1ccccc12. The molecule has 3 aromatic carbocycles. The maximum absolute atomic E-state index is 4.31. The molecule has 1 radical (unpaired) electrons. The summed E-state index contributed by atoms with van der Waals surface area (Å²) in [6.45, 7) is 0. The minimum absolute atomic E-state index is 1.06. The van der Waals surface area contributed by atoms with Crippen LogP contribution < -0.4 is 5.32 Å². The summed E-state index contributed by atoms with van der Waals surface area (Å²) in [6, 6.07) is 19.0. The Morgan fingerprint density at radius 2 is 1.50 bits per heavy atom. The van der Waals surface area contributed by atoms with E-state index in [9.17, 15) is 0 Å². The number of hydrogen-bond donors (Lipinski definition) is 0. The van der Waals surface area contributed by atoms with Crippen LogP contribution in [0.1, 0.15) is 0 Å². The highest BCUT2D eigenvalue weighted by molar-refractivity contribution is 6.10. The molecule has 1 nitrogen and oxygen atoms in total.